The molecule has 0 spiro atoms. The molecule has 2 aliphatic carbocycles. The van der Waals surface area contributed by atoms with Crippen LogP contribution in [0.3, 0.4) is 0 Å². The molecule has 0 heterocycles. The van der Waals surface area contributed by atoms with Gasteiger partial charge in [0.15, 0.2) is 17.3 Å². The van der Waals surface area contributed by atoms with Gasteiger partial charge in [-0.3, -0.25) is 4.79 Å². The van der Waals surface area contributed by atoms with Gasteiger partial charge in [0.25, 0.3) is 0 Å². The van der Waals surface area contributed by atoms with Gasteiger partial charge in [-0.15, -0.1) is 0 Å². The summed E-state index contributed by atoms with van der Waals surface area (Å²) in [7, 11) is 3.31. The molecule has 0 bridgehead atoms. The van der Waals surface area contributed by atoms with Crippen LogP contribution in [0.25, 0.3) is 5.57 Å². The Balaban J connectivity index is 2.15. The van der Waals surface area contributed by atoms with E-state index in [1.807, 2.05) is 12.1 Å². The minimum atomic E-state index is 0.249. The Morgan fingerprint density at radius 3 is 2.55 bits per heavy atom. The fraction of sp³-hybridized carbons (Fsp3) is 0.471. The molecular formula is C17H20O3. The maximum absolute atomic E-state index is 11.8. The van der Waals surface area contributed by atoms with E-state index in [-0.39, 0.29) is 5.78 Å². The normalized spacial score (nSPS) is 21.4. The van der Waals surface area contributed by atoms with E-state index in [4.69, 9.17) is 9.47 Å². The summed E-state index contributed by atoms with van der Waals surface area (Å²) < 4.78 is 10.8. The molecule has 1 atom stereocenters. The minimum absolute atomic E-state index is 0.249. The van der Waals surface area contributed by atoms with E-state index >= 15 is 0 Å². The summed E-state index contributed by atoms with van der Waals surface area (Å²) in [4.78, 5) is 11.8. The first kappa shape index (κ1) is 13.2. The molecular weight excluding hydrogens is 252 g/mol. The summed E-state index contributed by atoms with van der Waals surface area (Å²) >= 11 is 0. The molecule has 0 fully saturated rings. The van der Waals surface area contributed by atoms with Crippen molar-refractivity contribution in [3.8, 4) is 11.5 Å². The zero-order valence-electron chi connectivity index (χ0n) is 12.1. The third-order valence-corrected chi connectivity index (χ3v) is 4.41. The second-order valence-corrected chi connectivity index (χ2v) is 5.56. The molecule has 0 saturated carbocycles. The summed E-state index contributed by atoms with van der Waals surface area (Å²) in [5, 5.41) is 0. The molecule has 2 aliphatic rings. The predicted molar refractivity (Wildman–Crippen MR) is 78.2 cm³/mol. The number of aryl methyl sites for hydroxylation is 1. The van der Waals surface area contributed by atoms with Crippen molar-refractivity contribution >= 4 is 11.4 Å². The Bertz CT molecular complexity index is 572. The van der Waals surface area contributed by atoms with Crippen molar-refractivity contribution in [2.24, 2.45) is 5.92 Å². The van der Waals surface area contributed by atoms with Crippen LogP contribution in [0.2, 0.25) is 0 Å². The number of benzene rings is 1. The molecule has 3 heteroatoms. The van der Waals surface area contributed by atoms with E-state index in [0.717, 1.165) is 24.3 Å². The molecule has 0 amide bonds. The highest BCUT2D eigenvalue weighted by atomic mass is 16.5. The Morgan fingerprint density at radius 1 is 1.05 bits per heavy atom. The SMILES string of the molecule is COc1cc2c(cc1OC)C1=CC(=O)CCC1CCC2. The number of fused-ring (bicyclic) bond motifs is 3. The second-order valence-electron chi connectivity index (χ2n) is 5.56. The van der Waals surface area contributed by atoms with E-state index < -0.39 is 0 Å². The van der Waals surface area contributed by atoms with Crippen molar-refractivity contribution in [3.63, 3.8) is 0 Å². The number of allylic oxidation sites excluding steroid dienone is 2. The van der Waals surface area contributed by atoms with Crippen LogP contribution in [0.5, 0.6) is 11.5 Å². The lowest BCUT2D eigenvalue weighted by Crippen LogP contribution is -2.12. The third-order valence-electron chi connectivity index (χ3n) is 4.41. The number of rotatable bonds is 2. The first-order chi connectivity index (χ1) is 9.72. The lowest BCUT2D eigenvalue weighted by atomic mass is 9.81. The van der Waals surface area contributed by atoms with Gasteiger partial charge in [0, 0.05) is 6.42 Å². The first-order valence-electron chi connectivity index (χ1n) is 7.22. The molecule has 0 N–H and O–H groups in total. The van der Waals surface area contributed by atoms with Gasteiger partial charge < -0.3 is 9.47 Å². The number of carbonyl (C=O) groups is 1. The maximum atomic E-state index is 11.8. The summed E-state index contributed by atoms with van der Waals surface area (Å²) in [6, 6.07) is 4.10. The van der Waals surface area contributed by atoms with Crippen LogP contribution in [0.1, 0.15) is 36.8 Å². The fourth-order valence-corrected chi connectivity index (χ4v) is 3.37. The Hall–Kier alpha value is -1.77. The lowest BCUT2D eigenvalue weighted by Gasteiger charge is -2.23. The van der Waals surface area contributed by atoms with Crippen molar-refractivity contribution in [2.45, 2.75) is 32.1 Å². The van der Waals surface area contributed by atoms with Crippen LogP contribution in [0.15, 0.2) is 18.2 Å². The predicted octanol–water partition coefficient (Wildman–Crippen LogP) is 3.40. The smallest absolute Gasteiger partial charge is 0.161 e. The van der Waals surface area contributed by atoms with Crippen molar-refractivity contribution < 1.29 is 14.3 Å². The van der Waals surface area contributed by atoms with E-state index in [1.54, 1.807) is 14.2 Å². The van der Waals surface area contributed by atoms with Crippen molar-refractivity contribution in [3.05, 3.63) is 29.3 Å². The number of ketones is 1. The standard InChI is InChI=1S/C17H20O3/c1-19-16-8-12-5-3-4-11-6-7-13(18)9-14(11)15(12)10-17(16)20-2/h8-11H,3-7H2,1-2H3. The lowest BCUT2D eigenvalue weighted by molar-refractivity contribution is -0.115. The van der Waals surface area contributed by atoms with Gasteiger partial charge in [0.1, 0.15) is 0 Å². The Kier molecular flexibility index (Phi) is 3.51. The highest BCUT2D eigenvalue weighted by Gasteiger charge is 2.27. The van der Waals surface area contributed by atoms with E-state index in [1.165, 1.54) is 29.5 Å². The molecule has 1 unspecified atom stereocenters. The molecule has 0 saturated heterocycles. The van der Waals surface area contributed by atoms with Gasteiger partial charge in [-0.2, -0.15) is 0 Å². The van der Waals surface area contributed by atoms with Gasteiger partial charge >= 0.3 is 0 Å². The number of hydrogen-bond donors (Lipinski definition) is 0. The monoisotopic (exact) mass is 272 g/mol. The summed E-state index contributed by atoms with van der Waals surface area (Å²) in [5.41, 5.74) is 3.65. The molecule has 3 rings (SSSR count). The molecule has 3 nitrogen and oxygen atoms in total. The minimum Gasteiger partial charge on any atom is -0.493 e. The Morgan fingerprint density at radius 2 is 1.80 bits per heavy atom. The average molecular weight is 272 g/mol. The van der Waals surface area contributed by atoms with Gasteiger partial charge in [0.05, 0.1) is 14.2 Å². The summed E-state index contributed by atoms with van der Waals surface area (Å²) in [5.74, 6) is 2.28. The quantitative estimate of drug-likeness (QED) is 0.827. The largest absolute Gasteiger partial charge is 0.493 e. The molecule has 0 radical (unpaired) electrons. The summed E-state index contributed by atoms with van der Waals surface area (Å²) in [6.45, 7) is 0. The van der Waals surface area contributed by atoms with Crippen LogP contribution in [-0.4, -0.2) is 20.0 Å². The number of ether oxygens (including phenoxy) is 2. The molecule has 0 aromatic heterocycles. The maximum Gasteiger partial charge on any atom is 0.161 e. The topological polar surface area (TPSA) is 35.5 Å². The summed E-state index contributed by atoms with van der Waals surface area (Å²) in [6.07, 6.45) is 6.90. The van der Waals surface area contributed by atoms with Crippen molar-refractivity contribution in [1.82, 2.24) is 0 Å². The second kappa shape index (κ2) is 5.31. The van der Waals surface area contributed by atoms with Gasteiger partial charge in [0.2, 0.25) is 0 Å². The fourth-order valence-electron chi connectivity index (χ4n) is 3.37. The average Bonchev–Trinajstić information content (AvgIpc) is 2.64. The van der Waals surface area contributed by atoms with Crippen LogP contribution in [0.4, 0.5) is 0 Å². The highest BCUT2D eigenvalue weighted by molar-refractivity contribution is 5.99. The third kappa shape index (κ3) is 2.21. The van der Waals surface area contributed by atoms with E-state index in [2.05, 4.69) is 6.07 Å². The zero-order valence-corrected chi connectivity index (χ0v) is 12.1. The van der Waals surface area contributed by atoms with Gasteiger partial charge in [-0.05, 0) is 66.5 Å². The van der Waals surface area contributed by atoms with Crippen LogP contribution in [0, 0.1) is 5.92 Å². The molecule has 1 aromatic carbocycles. The highest BCUT2D eigenvalue weighted by Crippen LogP contribution is 2.43. The van der Waals surface area contributed by atoms with Crippen molar-refractivity contribution in [2.75, 3.05) is 14.2 Å². The van der Waals surface area contributed by atoms with E-state index in [0.29, 0.717) is 12.3 Å². The number of methoxy groups -OCH3 is 2. The van der Waals surface area contributed by atoms with Crippen molar-refractivity contribution in [1.29, 1.82) is 0 Å². The van der Waals surface area contributed by atoms with Crippen LogP contribution < -0.4 is 9.47 Å². The number of carbonyl (C=O) groups excluding carboxylic acids is 1. The molecule has 20 heavy (non-hydrogen) atoms. The van der Waals surface area contributed by atoms with Gasteiger partial charge in [-0.25, -0.2) is 0 Å². The molecule has 1 aromatic rings. The van der Waals surface area contributed by atoms with Crippen LogP contribution in [-0.2, 0) is 11.2 Å². The molecule has 106 valence electrons. The van der Waals surface area contributed by atoms with E-state index in [9.17, 15) is 4.79 Å². The Labute approximate surface area is 119 Å². The first-order valence-corrected chi connectivity index (χ1v) is 7.22. The molecule has 0 aliphatic heterocycles. The van der Waals surface area contributed by atoms with Crippen LogP contribution >= 0.6 is 0 Å². The zero-order chi connectivity index (χ0) is 14.1. The number of hydrogen-bond acceptors (Lipinski definition) is 3. The van der Waals surface area contributed by atoms with Gasteiger partial charge in [-0.1, -0.05) is 0 Å².